The van der Waals surface area contributed by atoms with Gasteiger partial charge in [0.25, 0.3) is 5.56 Å². The van der Waals surface area contributed by atoms with Gasteiger partial charge in [0.1, 0.15) is 0 Å². The first kappa shape index (κ1) is 9.04. The van der Waals surface area contributed by atoms with E-state index in [0.717, 1.165) is 5.56 Å². The Kier molecular flexibility index (Phi) is 2.36. The van der Waals surface area contributed by atoms with E-state index in [-0.39, 0.29) is 11.6 Å². The molecule has 0 bridgehead atoms. The predicted molar refractivity (Wildman–Crippen MR) is 50.6 cm³/mol. The summed E-state index contributed by atoms with van der Waals surface area (Å²) in [4.78, 5) is 11.4. The van der Waals surface area contributed by atoms with Crippen LogP contribution in [-0.2, 0) is 0 Å². The van der Waals surface area contributed by atoms with Crippen molar-refractivity contribution in [2.24, 2.45) is 0 Å². The average molecular weight is 165 g/mol. The molecule has 1 aromatic heterocycles. The molecule has 0 spiro atoms. The van der Waals surface area contributed by atoms with Crippen LogP contribution < -0.4 is 5.56 Å². The molecule has 12 heavy (non-hydrogen) atoms. The summed E-state index contributed by atoms with van der Waals surface area (Å²) in [6.07, 6.45) is 1.92. The molecule has 2 nitrogen and oxygen atoms in total. The Hall–Kier alpha value is -1.05. The van der Waals surface area contributed by atoms with Gasteiger partial charge in [-0.05, 0) is 38.8 Å². The SMILES string of the molecule is Cc1cc(=O)n(C(C)C)cc1C. The molecule has 2 heteroatoms. The third kappa shape index (κ3) is 1.58. The van der Waals surface area contributed by atoms with E-state index in [1.165, 1.54) is 5.56 Å². The zero-order chi connectivity index (χ0) is 9.30. The van der Waals surface area contributed by atoms with E-state index in [2.05, 4.69) is 0 Å². The third-order valence-corrected chi connectivity index (χ3v) is 2.11. The second-order valence-electron chi connectivity index (χ2n) is 3.48. The van der Waals surface area contributed by atoms with Crippen molar-refractivity contribution >= 4 is 0 Å². The highest BCUT2D eigenvalue weighted by molar-refractivity contribution is 5.20. The van der Waals surface area contributed by atoms with Gasteiger partial charge in [0.05, 0.1) is 0 Å². The van der Waals surface area contributed by atoms with Crippen LogP contribution in [0.1, 0.15) is 31.0 Å². The van der Waals surface area contributed by atoms with Gasteiger partial charge in [0.15, 0.2) is 0 Å². The molecule has 0 aliphatic heterocycles. The van der Waals surface area contributed by atoms with Crippen LogP contribution in [0.4, 0.5) is 0 Å². The second kappa shape index (κ2) is 3.13. The van der Waals surface area contributed by atoms with E-state index in [0.29, 0.717) is 0 Å². The summed E-state index contributed by atoms with van der Waals surface area (Å²) in [6, 6.07) is 1.94. The van der Waals surface area contributed by atoms with Crippen LogP contribution in [0.25, 0.3) is 0 Å². The number of hydrogen-bond acceptors (Lipinski definition) is 1. The summed E-state index contributed by atoms with van der Waals surface area (Å²) in [5.41, 5.74) is 2.33. The maximum atomic E-state index is 11.4. The van der Waals surface area contributed by atoms with Gasteiger partial charge in [0.2, 0.25) is 0 Å². The Morgan fingerprint density at radius 3 is 2.33 bits per heavy atom. The van der Waals surface area contributed by atoms with Crippen LogP contribution in [0.5, 0.6) is 0 Å². The van der Waals surface area contributed by atoms with Gasteiger partial charge < -0.3 is 4.57 Å². The van der Waals surface area contributed by atoms with Gasteiger partial charge >= 0.3 is 0 Å². The zero-order valence-corrected chi connectivity index (χ0v) is 8.09. The van der Waals surface area contributed by atoms with E-state index in [1.807, 2.05) is 33.9 Å². The van der Waals surface area contributed by atoms with Crippen molar-refractivity contribution in [3.8, 4) is 0 Å². The fourth-order valence-electron chi connectivity index (χ4n) is 1.15. The summed E-state index contributed by atoms with van der Waals surface area (Å²) in [7, 11) is 0. The Bertz CT molecular complexity index is 336. The molecule has 0 radical (unpaired) electrons. The molecule has 0 saturated carbocycles. The molecule has 0 aromatic carbocycles. The molecule has 0 N–H and O–H groups in total. The molecule has 0 amide bonds. The Morgan fingerprint density at radius 2 is 1.83 bits per heavy atom. The average Bonchev–Trinajstić information content (AvgIpc) is 1.96. The van der Waals surface area contributed by atoms with Crippen molar-refractivity contribution in [1.29, 1.82) is 0 Å². The van der Waals surface area contributed by atoms with Crippen molar-refractivity contribution in [3.05, 3.63) is 33.7 Å². The normalized spacial score (nSPS) is 10.8. The number of aryl methyl sites for hydroxylation is 2. The van der Waals surface area contributed by atoms with Crippen LogP contribution >= 0.6 is 0 Å². The summed E-state index contributed by atoms with van der Waals surface area (Å²) in [6.45, 7) is 8.00. The molecule has 0 unspecified atom stereocenters. The quantitative estimate of drug-likeness (QED) is 0.624. The van der Waals surface area contributed by atoms with Crippen molar-refractivity contribution < 1.29 is 0 Å². The maximum absolute atomic E-state index is 11.4. The largest absolute Gasteiger partial charge is 0.313 e. The first-order valence-corrected chi connectivity index (χ1v) is 4.21. The van der Waals surface area contributed by atoms with E-state index >= 15 is 0 Å². The number of rotatable bonds is 1. The molecule has 0 aliphatic carbocycles. The highest BCUT2D eigenvalue weighted by atomic mass is 16.1. The molecule has 66 valence electrons. The molecule has 0 atom stereocenters. The Balaban J connectivity index is 3.33. The predicted octanol–water partition coefficient (Wildman–Crippen LogP) is 2.05. The fourth-order valence-corrected chi connectivity index (χ4v) is 1.15. The van der Waals surface area contributed by atoms with E-state index in [9.17, 15) is 4.79 Å². The molecule has 0 saturated heterocycles. The minimum absolute atomic E-state index is 0.0908. The van der Waals surface area contributed by atoms with Gasteiger partial charge in [-0.25, -0.2) is 0 Å². The zero-order valence-electron chi connectivity index (χ0n) is 8.09. The van der Waals surface area contributed by atoms with Crippen LogP contribution in [0, 0.1) is 13.8 Å². The lowest BCUT2D eigenvalue weighted by atomic mass is 10.2. The highest BCUT2D eigenvalue weighted by Crippen LogP contribution is 2.05. The summed E-state index contributed by atoms with van der Waals surface area (Å²) in [5.74, 6) is 0. The van der Waals surface area contributed by atoms with Crippen LogP contribution in [-0.4, -0.2) is 4.57 Å². The van der Waals surface area contributed by atoms with Crippen molar-refractivity contribution in [3.63, 3.8) is 0 Å². The van der Waals surface area contributed by atoms with Crippen LogP contribution in [0.15, 0.2) is 17.1 Å². The summed E-state index contributed by atoms with van der Waals surface area (Å²) >= 11 is 0. The lowest BCUT2D eigenvalue weighted by Gasteiger charge is -2.11. The van der Waals surface area contributed by atoms with Gasteiger partial charge in [-0.15, -0.1) is 0 Å². The lowest BCUT2D eigenvalue weighted by molar-refractivity contribution is 0.575. The van der Waals surface area contributed by atoms with Crippen LogP contribution in [0.2, 0.25) is 0 Å². The first-order valence-electron chi connectivity index (χ1n) is 4.21. The molecule has 1 heterocycles. The Labute approximate surface area is 72.8 Å². The first-order chi connectivity index (χ1) is 5.52. The monoisotopic (exact) mass is 165 g/mol. The Morgan fingerprint density at radius 1 is 1.25 bits per heavy atom. The number of aromatic nitrogens is 1. The fraction of sp³-hybridized carbons (Fsp3) is 0.500. The molecule has 1 aromatic rings. The number of hydrogen-bond donors (Lipinski definition) is 0. The molecule has 0 fully saturated rings. The minimum atomic E-state index is 0.0908. The van der Waals surface area contributed by atoms with E-state index < -0.39 is 0 Å². The van der Waals surface area contributed by atoms with Crippen LogP contribution in [0.3, 0.4) is 0 Å². The second-order valence-corrected chi connectivity index (χ2v) is 3.48. The number of pyridine rings is 1. The van der Waals surface area contributed by atoms with Gasteiger partial charge in [-0.2, -0.15) is 0 Å². The van der Waals surface area contributed by atoms with Crippen molar-refractivity contribution in [1.82, 2.24) is 4.57 Å². The topological polar surface area (TPSA) is 22.0 Å². The standard InChI is InChI=1S/C10H15NO/c1-7(2)11-6-9(4)8(3)5-10(11)12/h5-7H,1-4H3. The molecule has 0 aliphatic rings. The summed E-state index contributed by atoms with van der Waals surface area (Å²) < 4.78 is 1.75. The van der Waals surface area contributed by atoms with Gasteiger partial charge in [-0.1, -0.05) is 0 Å². The van der Waals surface area contributed by atoms with E-state index in [1.54, 1.807) is 10.6 Å². The van der Waals surface area contributed by atoms with E-state index in [4.69, 9.17) is 0 Å². The molecular weight excluding hydrogens is 150 g/mol. The molecular formula is C10H15NO. The minimum Gasteiger partial charge on any atom is -0.313 e. The van der Waals surface area contributed by atoms with Crippen molar-refractivity contribution in [2.45, 2.75) is 33.7 Å². The molecule has 1 rings (SSSR count). The lowest BCUT2D eigenvalue weighted by Crippen LogP contribution is -2.21. The third-order valence-electron chi connectivity index (χ3n) is 2.11. The maximum Gasteiger partial charge on any atom is 0.251 e. The van der Waals surface area contributed by atoms with Gasteiger partial charge in [-0.3, -0.25) is 4.79 Å². The van der Waals surface area contributed by atoms with Crippen molar-refractivity contribution in [2.75, 3.05) is 0 Å². The smallest absolute Gasteiger partial charge is 0.251 e. The van der Waals surface area contributed by atoms with Gasteiger partial charge in [0, 0.05) is 18.3 Å². The number of nitrogens with zero attached hydrogens (tertiary/aromatic N) is 1. The highest BCUT2D eigenvalue weighted by Gasteiger charge is 2.02. The summed E-state index contributed by atoms with van der Waals surface area (Å²) in [5, 5.41) is 0.